The van der Waals surface area contributed by atoms with E-state index >= 15 is 0 Å². The smallest absolute Gasteiger partial charge is 0.251 e. The monoisotopic (exact) mass is 388 g/mol. The molecule has 1 N–H and O–H groups in total. The Hall–Kier alpha value is -2.95. The molecule has 0 aliphatic carbocycles. The lowest BCUT2D eigenvalue weighted by Crippen LogP contribution is -2.19. The number of nitrogens with zero attached hydrogens (tertiary/aromatic N) is 3. The normalized spacial score (nSPS) is 13.4. The predicted octanol–water partition coefficient (Wildman–Crippen LogP) is 5.07. The van der Waals surface area contributed by atoms with Gasteiger partial charge in [0.2, 0.25) is 0 Å². The number of aromatic nitrogens is 3. The predicted molar refractivity (Wildman–Crippen MR) is 115 cm³/mol. The molecular weight excluding hydrogens is 360 g/mol. The van der Waals surface area contributed by atoms with E-state index in [1.165, 1.54) is 19.3 Å². The third kappa shape index (κ3) is 4.09. The topological polar surface area (TPSA) is 59.8 Å². The molecule has 3 heterocycles. The van der Waals surface area contributed by atoms with Crippen LogP contribution in [0.5, 0.6) is 0 Å². The molecule has 5 nitrogen and oxygen atoms in total. The Morgan fingerprint density at radius 3 is 2.86 bits per heavy atom. The molecule has 1 aliphatic heterocycles. The number of unbranched alkanes of at least 4 members (excludes halogenated alkanes) is 1. The summed E-state index contributed by atoms with van der Waals surface area (Å²) in [4.78, 5) is 16.7. The van der Waals surface area contributed by atoms with Crippen LogP contribution in [-0.4, -0.2) is 20.7 Å². The summed E-state index contributed by atoms with van der Waals surface area (Å²) in [5.74, 6) is -0.0125. The van der Waals surface area contributed by atoms with Gasteiger partial charge in [0.1, 0.15) is 0 Å². The number of hydrogen-bond acceptors (Lipinski definition) is 3. The minimum absolute atomic E-state index is 0.0125. The Morgan fingerprint density at radius 2 is 2.03 bits per heavy atom. The van der Waals surface area contributed by atoms with Crippen LogP contribution in [0.4, 0.5) is 0 Å². The van der Waals surface area contributed by atoms with E-state index in [1.807, 2.05) is 35.1 Å². The second kappa shape index (κ2) is 7.82. The van der Waals surface area contributed by atoms with Gasteiger partial charge in [0.25, 0.3) is 5.91 Å². The summed E-state index contributed by atoms with van der Waals surface area (Å²) < 4.78 is 2.04. The van der Waals surface area contributed by atoms with Gasteiger partial charge in [0.05, 0.1) is 11.9 Å². The van der Waals surface area contributed by atoms with Gasteiger partial charge >= 0.3 is 0 Å². The molecule has 0 radical (unpaired) electrons. The zero-order valence-corrected chi connectivity index (χ0v) is 17.4. The quantitative estimate of drug-likeness (QED) is 0.614. The van der Waals surface area contributed by atoms with Gasteiger partial charge in [-0.05, 0) is 29.5 Å². The van der Waals surface area contributed by atoms with Gasteiger partial charge in [-0.25, -0.2) is 0 Å². The van der Waals surface area contributed by atoms with Crippen molar-refractivity contribution in [3.8, 4) is 22.4 Å². The number of benzene rings is 1. The Balaban J connectivity index is 1.64. The highest BCUT2D eigenvalue weighted by Crippen LogP contribution is 2.33. The van der Waals surface area contributed by atoms with Crippen molar-refractivity contribution in [1.82, 2.24) is 20.1 Å². The van der Waals surface area contributed by atoms with Crippen LogP contribution in [0.3, 0.4) is 0 Å². The van der Waals surface area contributed by atoms with E-state index in [0.29, 0.717) is 6.54 Å². The lowest BCUT2D eigenvalue weighted by atomic mass is 9.87. The van der Waals surface area contributed by atoms with Gasteiger partial charge in [-0.3, -0.25) is 14.5 Å². The number of hydrogen-bond donors (Lipinski definition) is 1. The maximum atomic E-state index is 12.1. The first kappa shape index (κ1) is 19.4. The van der Waals surface area contributed by atoms with Crippen molar-refractivity contribution in [2.24, 2.45) is 5.41 Å². The summed E-state index contributed by atoms with van der Waals surface area (Å²) in [5, 5.41) is 7.49. The molecule has 0 saturated heterocycles. The van der Waals surface area contributed by atoms with Crippen molar-refractivity contribution in [2.45, 2.75) is 53.1 Å². The Labute approximate surface area is 172 Å². The number of nitrogens with one attached hydrogen (secondary N) is 1. The zero-order chi connectivity index (χ0) is 20.4. The average Bonchev–Trinajstić information content (AvgIpc) is 3.32. The van der Waals surface area contributed by atoms with Gasteiger partial charge in [-0.1, -0.05) is 51.8 Å². The summed E-state index contributed by atoms with van der Waals surface area (Å²) in [5.41, 5.74) is 5.90. The van der Waals surface area contributed by atoms with Crippen LogP contribution in [0.15, 0.2) is 48.9 Å². The van der Waals surface area contributed by atoms with Gasteiger partial charge in [-0.2, -0.15) is 5.10 Å². The molecule has 0 unspecified atom stereocenters. The Kier molecular flexibility index (Phi) is 5.22. The molecule has 5 heteroatoms. The fourth-order valence-corrected chi connectivity index (χ4v) is 3.99. The highest BCUT2D eigenvalue weighted by Gasteiger charge is 2.21. The Morgan fingerprint density at radius 1 is 1.17 bits per heavy atom. The fraction of sp³-hybridized carbons (Fsp3) is 0.375. The number of amides is 1. The second-order valence-electron chi connectivity index (χ2n) is 8.65. The van der Waals surface area contributed by atoms with E-state index in [0.717, 1.165) is 40.1 Å². The largest absolute Gasteiger partial charge is 0.348 e. The molecule has 29 heavy (non-hydrogen) atoms. The number of fused-ring (bicyclic) bond motifs is 1. The average molecular weight is 389 g/mol. The summed E-state index contributed by atoms with van der Waals surface area (Å²) >= 11 is 0. The van der Waals surface area contributed by atoms with E-state index in [9.17, 15) is 4.79 Å². The molecule has 0 spiro atoms. The summed E-state index contributed by atoms with van der Waals surface area (Å²) in [6.07, 6.45) is 9.45. The molecule has 3 aromatic rings. The van der Waals surface area contributed by atoms with E-state index in [2.05, 4.69) is 48.4 Å². The van der Waals surface area contributed by atoms with Crippen molar-refractivity contribution in [2.75, 3.05) is 0 Å². The summed E-state index contributed by atoms with van der Waals surface area (Å²) in [7, 11) is 0. The maximum absolute atomic E-state index is 12.1. The van der Waals surface area contributed by atoms with Crippen molar-refractivity contribution < 1.29 is 4.79 Å². The standard InChI is InChI=1S/C24H28N4O/c1-4-5-10-24(2,3)16-28-15-19(14-27-28)20-7-6-11-25-22(20)17-8-9-18-13-26-23(29)21(18)12-17/h6-9,11-12,14-15H,4-5,10,13,16H2,1-3H3,(H,26,29). The van der Waals surface area contributed by atoms with Crippen LogP contribution < -0.4 is 5.32 Å². The molecule has 150 valence electrons. The number of pyridine rings is 1. The van der Waals surface area contributed by atoms with Gasteiger partial charge in [0, 0.05) is 47.7 Å². The lowest BCUT2D eigenvalue weighted by molar-refractivity contribution is 0.0966. The number of rotatable bonds is 7. The fourth-order valence-electron chi connectivity index (χ4n) is 3.99. The SMILES string of the molecule is CCCCC(C)(C)Cn1cc(-c2cccnc2-c2ccc3c(c2)C(=O)NC3)cn1. The maximum Gasteiger partial charge on any atom is 0.251 e. The van der Waals surface area contributed by atoms with Crippen molar-refractivity contribution in [3.05, 3.63) is 60.0 Å². The number of carbonyl (C=O) groups is 1. The van der Waals surface area contributed by atoms with Crippen LogP contribution in [0.25, 0.3) is 22.4 Å². The van der Waals surface area contributed by atoms with Crippen LogP contribution in [0, 0.1) is 5.41 Å². The number of carbonyl (C=O) groups excluding carboxylic acids is 1. The first-order valence-electron chi connectivity index (χ1n) is 10.4. The van der Waals surface area contributed by atoms with Crippen LogP contribution >= 0.6 is 0 Å². The minimum atomic E-state index is -0.0125. The minimum Gasteiger partial charge on any atom is -0.348 e. The molecule has 1 aliphatic rings. The van der Waals surface area contributed by atoms with E-state index in [4.69, 9.17) is 0 Å². The summed E-state index contributed by atoms with van der Waals surface area (Å²) in [6.45, 7) is 8.32. The van der Waals surface area contributed by atoms with Crippen molar-refractivity contribution in [3.63, 3.8) is 0 Å². The molecule has 0 atom stereocenters. The summed E-state index contributed by atoms with van der Waals surface area (Å²) in [6, 6.07) is 10.0. The lowest BCUT2D eigenvalue weighted by Gasteiger charge is -2.24. The molecule has 0 fully saturated rings. The van der Waals surface area contributed by atoms with Gasteiger partial charge < -0.3 is 5.32 Å². The van der Waals surface area contributed by atoms with E-state index in [1.54, 1.807) is 6.20 Å². The highest BCUT2D eigenvalue weighted by atomic mass is 16.1. The molecule has 4 rings (SSSR count). The van der Waals surface area contributed by atoms with Gasteiger partial charge in [-0.15, -0.1) is 0 Å². The molecule has 1 aromatic carbocycles. The van der Waals surface area contributed by atoms with Crippen LogP contribution in [-0.2, 0) is 13.1 Å². The Bertz CT molecular complexity index is 1030. The zero-order valence-electron chi connectivity index (χ0n) is 17.4. The molecule has 1 amide bonds. The molecular formula is C24H28N4O. The van der Waals surface area contributed by atoms with E-state index in [-0.39, 0.29) is 11.3 Å². The van der Waals surface area contributed by atoms with Crippen molar-refractivity contribution in [1.29, 1.82) is 0 Å². The first-order valence-corrected chi connectivity index (χ1v) is 10.4. The van der Waals surface area contributed by atoms with Gasteiger partial charge in [0.15, 0.2) is 0 Å². The third-order valence-electron chi connectivity index (χ3n) is 5.62. The second-order valence-corrected chi connectivity index (χ2v) is 8.65. The van der Waals surface area contributed by atoms with Crippen LogP contribution in [0.2, 0.25) is 0 Å². The van der Waals surface area contributed by atoms with Crippen molar-refractivity contribution >= 4 is 5.91 Å². The molecule has 0 bridgehead atoms. The third-order valence-corrected chi connectivity index (χ3v) is 5.62. The van der Waals surface area contributed by atoms with E-state index < -0.39 is 0 Å². The molecule has 0 saturated carbocycles. The molecule has 2 aromatic heterocycles. The first-order chi connectivity index (χ1) is 14.0. The highest BCUT2D eigenvalue weighted by molar-refractivity contribution is 5.99. The van der Waals surface area contributed by atoms with Crippen LogP contribution in [0.1, 0.15) is 56.0 Å².